The molecule has 33 heavy (non-hydrogen) atoms. The number of carbonyl (C=O) groups excluding carboxylic acids is 1. The Labute approximate surface area is 196 Å². The Bertz CT molecular complexity index is 1260. The molecule has 1 aliphatic rings. The van der Waals surface area contributed by atoms with Crippen LogP contribution in [0.5, 0.6) is 17.2 Å². The summed E-state index contributed by atoms with van der Waals surface area (Å²) in [5.41, 5.74) is 0.829. The Balaban J connectivity index is 1.38. The number of halogens is 1. The van der Waals surface area contributed by atoms with E-state index >= 15 is 0 Å². The molecular formula is C23H21ClN2O6S. The summed E-state index contributed by atoms with van der Waals surface area (Å²) in [5, 5.41) is 3.24. The molecule has 1 unspecified atom stereocenters. The Hall–Kier alpha value is -3.43. The topological polar surface area (TPSA) is 103 Å². The summed E-state index contributed by atoms with van der Waals surface area (Å²) in [6, 6.07) is 17.5. The molecule has 2 N–H and O–H groups in total. The number of ether oxygens (including phenoxy) is 3. The van der Waals surface area contributed by atoms with Gasteiger partial charge in [-0.05, 0) is 61.5 Å². The Morgan fingerprint density at radius 2 is 1.67 bits per heavy atom. The van der Waals surface area contributed by atoms with E-state index in [2.05, 4.69) is 10.0 Å². The van der Waals surface area contributed by atoms with Crippen LogP contribution in [0.4, 0.5) is 11.4 Å². The van der Waals surface area contributed by atoms with Gasteiger partial charge in [0.2, 0.25) is 0 Å². The predicted molar refractivity (Wildman–Crippen MR) is 125 cm³/mol. The second-order valence-electron chi connectivity index (χ2n) is 7.20. The number of fused-ring (bicyclic) bond motifs is 1. The molecule has 3 aromatic carbocycles. The van der Waals surface area contributed by atoms with E-state index < -0.39 is 16.1 Å². The summed E-state index contributed by atoms with van der Waals surface area (Å²) in [7, 11) is -3.84. The van der Waals surface area contributed by atoms with Crippen molar-refractivity contribution in [3.05, 3.63) is 71.8 Å². The maximum absolute atomic E-state index is 12.7. The molecule has 0 bridgehead atoms. The highest BCUT2D eigenvalue weighted by molar-refractivity contribution is 7.92. The fourth-order valence-corrected chi connectivity index (χ4v) is 4.32. The molecule has 0 aliphatic carbocycles. The number of carbonyl (C=O) groups is 1. The van der Waals surface area contributed by atoms with Crippen molar-refractivity contribution in [1.82, 2.24) is 0 Å². The van der Waals surface area contributed by atoms with Crippen molar-refractivity contribution in [3.8, 4) is 17.2 Å². The summed E-state index contributed by atoms with van der Waals surface area (Å²) < 4.78 is 44.4. The van der Waals surface area contributed by atoms with Crippen LogP contribution >= 0.6 is 11.6 Å². The lowest BCUT2D eigenvalue weighted by Crippen LogP contribution is -2.30. The van der Waals surface area contributed by atoms with Gasteiger partial charge in [0.15, 0.2) is 17.6 Å². The number of nitrogens with one attached hydrogen (secondary N) is 2. The normalized spacial score (nSPS) is 13.6. The number of amides is 1. The molecule has 10 heteroatoms. The van der Waals surface area contributed by atoms with Gasteiger partial charge in [-0.1, -0.05) is 17.7 Å². The largest absolute Gasteiger partial charge is 0.486 e. The van der Waals surface area contributed by atoms with Crippen molar-refractivity contribution < 1.29 is 27.4 Å². The maximum atomic E-state index is 12.7. The molecule has 4 rings (SSSR count). The summed E-state index contributed by atoms with van der Waals surface area (Å²) in [4.78, 5) is 12.5. The third-order valence-electron chi connectivity index (χ3n) is 4.71. The maximum Gasteiger partial charge on any atom is 0.265 e. The van der Waals surface area contributed by atoms with Crippen LogP contribution in [0.1, 0.15) is 6.92 Å². The molecular weight excluding hydrogens is 468 g/mol. The molecule has 1 aliphatic heterocycles. The molecule has 172 valence electrons. The molecule has 0 aromatic heterocycles. The van der Waals surface area contributed by atoms with E-state index in [9.17, 15) is 13.2 Å². The summed E-state index contributed by atoms with van der Waals surface area (Å²) >= 11 is 5.93. The Morgan fingerprint density at radius 3 is 2.39 bits per heavy atom. The van der Waals surface area contributed by atoms with Gasteiger partial charge in [-0.2, -0.15) is 0 Å². The van der Waals surface area contributed by atoms with Gasteiger partial charge in [0.25, 0.3) is 15.9 Å². The first-order chi connectivity index (χ1) is 15.8. The average molecular weight is 489 g/mol. The van der Waals surface area contributed by atoms with Gasteiger partial charge in [0.05, 0.1) is 4.90 Å². The lowest BCUT2D eigenvalue weighted by molar-refractivity contribution is -0.122. The van der Waals surface area contributed by atoms with Gasteiger partial charge < -0.3 is 19.5 Å². The zero-order valence-electron chi connectivity index (χ0n) is 17.6. The first-order valence-electron chi connectivity index (χ1n) is 10.1. The SMILES string of the molecule is CC(Oc1cccc(Cl)c1)C(=O)Nc1ccc(NS(=O)(=O)c2ccc3c(c2)OCCO3)cc1. The highest BCUT2D eigenvalue weighted by atomic mass is 35.5. The highest BCUT2D eigenvalue weighted by Crippen LogP contribution is 2.32. The smallest absolute Gasteiger partial charge is 0.265 e. The molecule has 3 aromatic rings. The number of benzene rings is 3. The minimum atomic E-state index is -3.84. The van der Waals surface area contributed by atoms with Gasteiger partial charge in [-0.25, -0.2) is 8.42 Å². The fourth-order valence-electron chi connectivity index (χ4n) is 3.07. The molecule has 1 atom stereocenters. The van der Waals surface area contributed by atoms with Crippen molar-refractivity contribution >= 4 is 38.9 Å². The van der Waals surface area contributed by atoms with Crippen molar-refractivity contribution in [2.75, 3.05) is 23.3 Å². The molecule has 1 heterocycles. The van der Waals surface area contributed by atoms with Crippen molar-refractivity contribution in [3.63, 3.8) is 0 Å². The molecule has 0 radical (unpaired) electrons. The number of hydrogen-bond donors (Lipinski definition) is 2. The van der Waals surface area contributed by atoms with E-state index in [1.165, 1.54) is 12.1 Å². The average Bonchev–Trinajstić information content (AvgIpc) is 2.80. The van der Waals surface area contributed by atoms with E-state index in [1.807, 2.05) is 0 Å². The first kappa shape index (κ1) is 22.8. The van der Waals surface area contributed by atoms with Gasteiger partial charge in [-0.15, -0.1) is 0 Å². The Kier molecular flexibility index (Phi) is 6.62. The lowest BCUT2D eigenvalue weighted by atomic mass is 10.2. The highest BCUT2D eigenvalue weighted by Gasteiger charge is 2.20. The van der Waals surface area contributed by atoms with Crippen molar-refractivity contribution in [1.29, 1.82) is 0 Å². The molecule has 0 saturated carbocycles. The van der Waals surface area contributed by atoms with Crippen LogP contribution in [0.2, 0.25) is 5.02 Å². The van der Waals surface area contributed by atoms with Crippen LogP contribution in [0, 0.1) is 0 Å². The summed E-state index contributed by atoms with van der Waals surface area (Å²) in [5.74, 6) is 1.01. The number of anilines is 2. The summed E-state index contributed by atoms with van der Waals surface area (Å²) in [6.07, 6.45) is -0.767. The van der Waals surface area contributed by atoms with Gasteiger partial charge in [0, 0.05) is 22.5 Å². The van der Waals surface area contributed by atoms with E-state index in [0.717, 1.165) is 0 Å². The molecule has 0 saturated heterocycles. The minimum Gasteiger partial charge on any atom is -0.486 e. The van der Waals surface area contributed by atoms with E-state index in [4.69, 9.17) is 25.8 Å². The lowest BCUT2D eigenvalue weighted by Gasteiger charge is -2.19. The van der Waals surface area contributed by atoms with Crippen LogP contribution in [0.25, 0.3) is 0 Å². The van der Waals surface area contributed by atoms with Crippen LogP contribution in [-0.2, 0) is 14.8 Å². The van der Waals surface area contributed by atoms with Crippen molar-refractivity contribution in [2.24, 2.45) is 0 Å². The predicted octanol–water partition coefficient (Wildman–Crippen LogP) is 4.32. The van der Waals surface area contributed by atoms with Crippen LogP contribution in [0.3, 0.4) is 0 Å². The zero-order valence-corrected chi connectivity index (χ0v) is 19.2. The molecule has 0 spiro atoms. The van der Waals surface area contributed by atoms with Gasteiger partial charge in [-0.3, -0.25) is 9.52 Å². The van der Waals surface area contributed by atoms with E-state index in [1.54, 1.807) is 61.5 Å². The number of sulfonamides is 1. The third kappa shape index (κ3) is 5.68. The molecule has 1 amide bonds. The standard InChI is InChI=1S/C23H21ClN2O6S/c1-15(32-19-4-2-3-16(24)13-19)23(27)25-17-5-7-18(8-6-17)26-33(28,29)20-9-10-21-22(14-20)31-12-11-30-21/h2-10,13-15,26H,11-12H2,1H3,(H,25,27). The zero-order chi connectivity index (χ0) is 23.4. The van der Waals surface area contributed by atoms with Crippen molar-refractivity contribution in [2.45, 2.75) is 17.9 Å². The number of rotatable bonds is 7. The van der Waals surface area contributed by atoms with Crippen LogP contribution in [-0.4, -0.2) is 33.6 Å². The van der Waals surface area contributed by atoms with E-state index in [0.29, 0.717) is 46.9 Å². The van der Waals surface area contributed by atoms with Crippen LogP contribution in [0.15, 0.2) is 71.6 Å². The monoisotopic (exact) mass is 488 g/mol. The third-order valence-corrected chi connectivity index (χ3v) is 6.32. The molecule has 8 nitrogen and oxygen atoms in total. The quantitative estimate of drug-likeness (QED) is 0.513. The van der Waals surface area contributed by atoms with Gasteiger partial charge >= 0.3 is 0 Å². The minimum absolute atomic E-state index is 0.0520. The second-order valence-corrected chi connectivity index (χ2v) is 9.31. The second kappa shape index (κ2) is 9.60. The first-order valence-corrected chi connectivity index (χ1v) is 11.9. The fraction of sp³-hybridized carbons (Fsp3) is 0.174. The summed E-state index contributed by atoms with van der Waals surface area (Å²) in [6.45, 7) is 2.40. The van der Waals surface area contributed by atoms with E-state index in [-0.39, 0.29) is 10.8 Å². The van der Waals surface area contributed by atoms with Gasteiger partial charge in [0.1, 0.15) is 19.0 Å². The molecule has 0 fully saturated rings. The van der Waals surface area contributed by atoms with Crippen LogP contribution < -0.4 is 24.2 Å². The Morgan fingerprint density at radius 1 is 0.970 bits per heavy atom. The number of hydrogen-bond acceptors (Lipinski definition) is 6.